The lowest BCUT2D eigenvalue weighted by Crippen LogP contribution is -2.34. The van der Waals surface area contributed by atoms with Crippen LogP contribution in [-0.2, 0) is 4.79 Å². The molecule has 0 spiro atoms. The first-order valence-corrected chi connectivity index (χ1v) is 9.06. The molecule has 1 aromatic carbocycles. The third kappa shape index (κ3) is 3.18. The van der Waals surface area contributed by atoms with Crippen molar-refractivity contribution in [3.8, 4) is 11.8 Å². The number of aromatic amines is 1. The molecule has 3 N–H and O–H groups in total. The predicted octanol–water partition coefficient (Wildman–Crippen LogP) is 3.14. The summed E-state index contributed by atoms with van der Waals surface area (Å²) in [4.78, 5) is 28.7. The van der Waals surface area contributed by atoms with Gasteiger partial charge in [0, 0.05) is 29.7 Å². The van der Waals surface area contributed by atoms with Crippen LogP contribution in [0.5, 0.6) is 0 Å². The van der Waals surface area contributed by atoms with Gasteiger partial charge >= 0.3 is 0 Å². The Morgan fingerprint density at radius 3 is 2.67 bits per heavy atom. The van der Waals surface area contributed by atoms with Crippen molar-refractivity contribution >= 4 is 22.7 Å². The monoisotopic (exact) mass is 369 g/mol. The molecule has 0 radical (unpaired) electrons. The van der Waals surface area contributed by atoms with Crippen LogP contribution >= 0.6 is 0 Å². The molecule has 3 rings (SSSR count). The zero-order valence-electron chi connectivity index (χ0n) is 16.1. The molecule has 2 atom stereocenters. The Labute approximate surface area is 158 Å². The fourth-order valence-corrected chi connectivity index (χ4v) is 4.18. The minimum absolute atomic E-state index is 0.0222. The second-order valence-corrected chi connectivity index (χ2v) is 7.26. The quantitative estimate of drug-likeness (QED) is 0.815. The number of aryl methyl sites for hydroxylation is 2. The van der Waals surface area contributed by atoms with Gasteiger partial charge in [0.25, 0.3) is 11.8 Å². The Morgan fingerprint density at radius 2 is 2.04 bits per heavy atom. The highest BCUT2D eigenvalue weighted by molar-refractivity contribution is 6.07. The number of primary amides is 1. The number of hydrogen-bond acceptors (Lipinski definition) is 2. The van der Waals surface area contributed by atoms with E-state index < -0.39 is 11.7 Å². The van der Waals surface area contributed by atoms with Crippen LogP contribution in [-0.4, -0.2) is 34.8 Å². The maximum Gasteiger partial charge on any atom is 0.298 e. The Morgan fingerprint density at radius 1 is 1.33 bits per heavy atom. The highest BCUT2D eigenvalue weighted by Crippen LogP contribution is 2.43. The van der Waals surface area contributed by atoms with Gasteiger partial charge in [0.05, 0.1) is 11.1 Å². The summed E-state index contributed by atoms with van der Waals surface area (Å²) in [5.74, 6) is 3.87. The van der Waals surface area contributed by atoms with Crippen molar-refractivity contribution in [3.63, 3.8) is 0 Å². The van der Waals surface area contributed by atoms with Crippen LogP contribution in [0.1, 0.15) is 59.3 Å². The van der Waals surface area contributed by atoms with E-state index in [4.69, 9.17) is 5.73 Å². The maximum absolute atomic E-state index is 15.1. The van der Waals surface area contributed by atoms with Gasteiger partial charge in [0.2, 0.25) is 0 Å². The van der Waals surface area contributed by atoms with E-state index in [1.165, 1.54) is 6.07 Å². The number of halogens is 1. The second kappa shape index (κ2) is 7.07. The van der Waals surface area contributed by atoms with Crippen LogP contribution in [0.25, 0.3) is 10.9 Å². The summed E-state index contributed by atoms with van der Waals surface area (Å²) >= 11 is 0. The number of nitrogens with two attached hydrogens (primary N) is 1. The average Bonchev–Trinajstić information content (AvgIpc) is 3.20. The first-order chi connectivity index (χ1) is 12.8. The molecule has 1 aliphatic rings. The number of hydrogen-bond donors (Lipinski definition) is 2. The fraction of sp³-hybridized carbons (Fsp3) is 0.429. The zero-order valence-corrected chi connectivity index (χ0v) is 16.1. The number of carbonyl (C=O) groups is 2. The van der Waals surface area contributed by atoms with E-state index in [0.717, 1.165) is 29.5 Å². The van der Waals surface area contributed by atoms with Crippen molar-refractivity contribution in [3.05, 3.63) is 34.3 Å². The van der Waals surface area contributed by atoms with E-state index in [2.05, 4.69) is 16.8 Å². The molecule has 1 aromatic heterocycles. The molecule has 1 aliphatic carbocycles. The molecular formula is C21H24FN3O2. The normalized spacial score (nSPS) is 19.0. The Balaban J connectivity index is 2.04. The van der Waals surface area contributed by atoms with Gasteiger partial charge in [-0.3, -0.25) is 9.59 Å². The molecule has 6 heteroatoms. The molecule has 0 aliphatic heterocycles. The molecule has 0 saturated heterocycles. The van der Waals surface area contributed by atoms with Crippen molar-refractivity contribution in [2.75, 3.05) is 7.05 Å². The van der Waals surface area contributed by atoms with Crippen LogP contribution in [0, 0.1) is 31.5 Å². The summed E-state index contributed by atoms with van der Waals surface area (Å²) in [7, 11) is 1.74. The lowest BCUT2D eigenvalue weighted by atomic mass is 9.90. The van der Waals surface area contributed by atoms with Crippen LogP contribution in [0.2, 0.25) is 0 Å². The molecular weight excluding hydrogens is 345 g/mol. The maximum atomic E-state index is 15.1. The van der Waals surface area contributed by atoms with E-state index in [9.17, 15) is 9.59 Å². The number of rotatable bonds is 3. The summed E-state index contributed by atoms with van der Waals surface area (Å²) in [6.45, 7) is 5.45. The van der Waals surface area contributed by atoms with Crippen LogP contribution in [0.4, 0.5) is 4.39 Å². The Kier molecular flexibility index (Phi) is 4.97. The molecule has 1 unspecified atom stereocenters. The number of amides is 2. The summed E-state index contributed by atoms with van der Waals surface area (Å²) < 4.78 is 15.1. The molecule has 1 fully saturated rings. The lowest BCUT2D eigenvalue weighted by Gasteiger charge is -2.23. The molecule has 0 bridgehead atoms. The van der Waals surface area contributed by atoms with Crippen molar-refractivity contribution in [2.45, 2.75) is 52.0 Å². The van der Waals surface area contributed by atoms with Crippen LogP contribution < -0.4 is 5.73 Å². The first kappa shape index (κ1) is 19.0. The lowest BCUT2D eigenvalue weighted by molar-refractivity contribution is -0.125. The van der Waals surface area contributed by atoms with Gasteiger partial charge in [-0.25, -0.2) is 4.39 Å². The minimum atomic E-state index is -0.653. The molecule has 1 heterocycles. The van der Waals surface area contributed by atoms with Gasteiger partial charge in [-0.1, -0.05) is 5.92 Å². The SMILES string of the molecule is CC#CC(=O)N(C)[C@H]1CCC(c2c(F)cc(C(N)=O)c3[nH]c(C)c(C)c23)C1. The number of benzene rings is 1. The topological polar surface area (TPSA) is 79.2 Å². The number of nitrogens with zero attached hydrogens (tertiary/aromatic N) is 1. The largest absolute Gasteiger partial charge is 0.366 e. The summed E-state index contributed by atoms with van der Waals surface area (Å²) in [5.41, 5.74) is 8.64. The van der Waals surface area contributed by atoms with Gasteiger partial charge < -0.3 is 15.6 Å². The van der Waals surface area contributed by atoms with Crippen molar-refractivity contribution in [1.82, 2.24) is 9.88 Å². The molecule has 142 valence electrons. The summed E-state index contributed by atoms with van der Waals surface area (Å²) in [5, 5.41) is 0.745. The standard InChI is InChI=1S/C21H24FN3O2/c1-5-6-17(26)25(4)14-8-7-13(9-14)19-16(22)10-15(21(23)27)20-18(19)11(2)12(3)24-20/h10,13-14,24H,7-9H2,1-4H3,(H2,23,27)/t13?,14-/m0/s1. The van der Waals surface area contributed by atoms with E-state index in [-0.39, 0.29) is 23.4 Å². The summed E-state index contributed by atoms with van der Waals surface area (Å²) in [6, 6.07) is 1.26. The third-order valence-electron chi connectivity index (χ3n) is 5.75. The van der Waals surface area contributed by atoms with Crippen LogP contribution in [0.15, 0.2) is 6.07 Å². The van der Waals surface area contributed by atoms with E-state index in [0.29, 0.717) is 17.5 Å². The zero-order chi connectivity index (χ0) is 19.9. The first-order valence-electron chi connectivity index (χ1n) is 9.06. The Bertz CT molecular complexity index is 996. The predicted molar refractivity (Wildman–Crippen MR) is 103 cm³/mol. The second-order valence-electron chi connectivity index (χ2n) is 7.26. The smallest absolute Gasteiger partial charge is 0.298 e. The number of nitrogens with one attached hydrogen (secondary N) is 1. The molecule has 2 aromatic rings. The van der Waals surface area contributed by atoms with Gasteiger partial charge in [-0.2, -0.15) is 0 Å². The number of H-pyrrole nitrogens is 1. The van der Waals surface area contributed by atoms with Crippen molar-refractivity contribution < 1.29 is 14.0 Å². The van der Waals surface area contributed by atoms with Gasteiger partial charge in [0.15, 0.2) is 0 Å². The van der Waals surface area contributed by atoms with Crippen molar-refractivity contribution in [1.29, 1.82) is 0 Å². The van der Waals surface area contributed by atoms with E-state index in [1.807, 2.05) is 13.8 Å². The molecule has 27 heavy (non-hydrogen) atoms. The highest BCUT2D eigenvalue weighted by Gasteiger charge is 2.34. The summed E-state index contributed by atoms with van der Waals surface area (Å²) in [6.07, 6.45) is 2.23. The number of aromatic nitrogens is 1. The minimum Gasteiger partial charge on any atom is -0.366 e. The van der Waals surface area contributed by atoms with E-state index in [1.54, 1.807) is 18.9 Å². The van der Waals surface area contributed by atoms with Crippen LogP contribution in [0.3, 0.4) is 0 Å². The molecule has 1 saturated carbocycles. The average molecular weight is 369 g/mol. The molecule has 5 nitrogen and oxygen atoms in total. The number of fused-ring (bicyclic) bond motifs is 1. The van der Waals surface area contributed by atoms with Crippen molar-refractivity contribution in [2.24, 2.45) is 5.73 Å². The Hall–Kier alpha value is -2.81. The number of carbonyl (C=O) groups excluding carboxylic acids is 2. The van der Waals surface area contributed by atoms with Gasteiger partial charge in [0.1, 0.15) is 5.82 Å². The highest BCUT2D eigenvalue weighted by atomic mass is 19.1. The van der Waals surface area contributed by atoms with E-state index >= 15 is 4.39 Å². The molecule has 2 amide bonds. The third-order valence-corrected chi connectivity index (χ3v) is 5.75. The fourth-order valence-electron chi connectivity index (χ4n) is 4.18. The van der Waals surface area contributed by atoms with Gasteiger partial charge in [-0.15, -0.1) is 0 Å². The van der Waals surface area contributed by atoms with Gasteiger partial charge in [-0.05, 0) is 63.5 Å².